The van der Waals surface area contributed by atoms with Crippen LogP contribution in [0.5, 0.6) is 0 Å². The van der Waals surface area contributed by atoms with E-state index in [1.165, 1.54) is 33.7 Å². The molecular formula is C29H20Cl2FN3O4S2. The van der Waals surface area contributed by atoms with Gasteiger partial charge in [0.25, 0.3) is 0 Å². The fraction of sp³-hybridized carbons (Fsp3) is 0.172. The highest BCUT2D eigenvalue weighted by molar-refractivity contribution is 8.00. The summed E-state index contributed by atoms with van der Waals surface area (Å²) in [6.45, 7) is 1.57. The van der Waals surface area contributed by atoms with E-state index in [0.29, 0.717) is 26.8 Å². The van der Waals surface area contributed by atoms with Crippen LogP contribution in [0.1, 0.15) is 21.9 Å². The van der Waals surface area contributed by atoms with Crippen LogP contribution in [-0.4, -0.2) is 27.5 Å². The first-order chi connectivity index (χ1) is 19.6. The van der Waals surface area contributed by atoms with Gasteiger partial charge >= 0.3 is 4.87 Å². The first kappa shape index (κ1) is 27.7. The van der Waals surface area contributed by atoms with Gasteiger partial charge in [-0.1, -0.05) is 76.1 Å². The average molecular weight is 629 g/mol. The van der Waals surface area contributed by atoms with Crippen molar-refractivity contribution in [1.82, 2.24) is 4.57 Å². The van der Waals surface area contributed by atoms with E-state index in [0.717, 1.165) is 28.7 Å². The van der Waals surface area contributed by atoms with Gasteiger partial charge in [-0.3, -0.25) is 23.7 Å². The summed E-state index contributed by atoms with van der Waals surface area (Å²) in [5.74, 6) is -3.36. The molecule has 12 heteroatoms. The molecule has 2 aliphatic heterocycles. The number of fused-ring (bicyclic) bond motifs is 2. The maximum atomic E-state index is 14.0. The number of hydrogen-bond donors (Lipinski definition) is 1. The van der Waals surface area contributed by atoms with Crippen molar-refractivity contribution in [1.29, 1.82) is 0 Å². The van der Waals surface area contributed by atoms with E-state index < -0.39 is 45.5 Å². The third kappa shape index (κ3) is 4.88. The molecule has 1 fully saturated rings. The number of aryl methyl sites for hydroxylation is 1. The van der Waals surface area contributed by atoms with Crippen molar-refractivity contribution in [2.45, 2.75) is 29.7 Å². The van der Waals surface area contributed by atoms with Crippen LogP contribution < -0.4 is 15.1 Å². The molecule has 0 saturated carbocycles. The van der Waals surface area contributed by atoms with Crippen LogP contribution in [0, 0.1) is 18.7 Å². The number of halogens is 3. The van der Waals surface area contributed by atoms with Gasteiger partial charge in [0.15, 0.2) is 0 Å². The number of amides is 3. The Kier molecular flexibility index (Phi) is 7.27. The number of carbonyl (C=O) groups excluding carboxylic acids is 3. The molecule has 3 atom stereocenters. The molecular weight excluding hydrogens is 608 g/mol. The number of benzene rings is 3. The fourth-order valence-corrected chi connectivity index (χ4v) is 8.37. The van der Waals surface area contributed by atoms with Gasteiger partial charge in [-0.25, -0.2) is 9.29 Å². The Bertz CT molecular complexity index is 1770. The summed E-state index contributed by atoms with van der Waals surface area (Å²) < 4.78 is 14.6. The predicted octanol–water partition coefficient (Wildman–Crippen LogP) is 6.10. The topological polar surface area (TPSA) is 88.5 Å². The lowest BCUT2D eigenvalue weighted by Gasteiger charge is -2.31. The Morgan fingerprint density at radius 2 is 1.68 bits per heavy atom. The minimum Gasteiger partial charge on any atom is -0.325 e. The molecule has 2 aliphatic rings. The zero-order valence-electron chi connectivity index (χ0n) is 21.3. The summed E-state index contributed by atoms with van der Waals surface area (Å²) in [5.41, 5.74) is 2.33. The highest BCUT2D eigenvalue weighted by atomic mass is 35.5. The summed E-state index contributed by atoms with van der Waals surface area (Å²) in [7, 11) is 0. The van der Waals surface area contributed by atoms with Crippen LogP contribution in [0.15, 0.2) is 76.6 Å². The highest BCUT2D eigenvalue weighted by Crippen LogP contribution is 2.55. The van der Waals surface area contributed by atoms with Crippen LogP contribution >= 0.6 is 46.3 Å². The quantitative estimate of drug-likeness (QED) is 0.270. The molecule has 3 amide bonds. The Hall–Kier alpha value is -3.44. The highest BCUT2D eigenvalue weighted by Gasteiger charge is 2.57. The molecule has 2 unspecified atom stereocenters. The van der Waals surface area contributed by atoms with E-state index in [4.69, 9.17) is 23.2 Å². The van der Waals surface area contributed by atoms with Crippen LogP contribution in [0.4, 0.5) is 15.8 Å². The lowest BCUT2D eigenvalue weighted by Crippen LogP contribution is -2.33. The van der Waals surface area contributed by atoms with Crippen molar-refractivity contribution < 1.29 is 18.8 Å². The minimum atomic E-state index is -0.864. The van der Waals surface area contributed by atoms with Crippen molar-refractivity contribution in [3.8, 4) is 0 Å². The average Bonchev–Trinajstić information content (AvgIpc) is 3.38. The van der Waals surface area contributed by atoms with E-state index in [-0.39, 0.29) is 16.6 Å². The predicted molar refractivity (Wildman–Crippen MR) is 159 cm³/mol. The van der Waals surface area contributed by atoms with Crippen LogP contribution in [0.25, 0.3) is 0 Å². The van der Waals surface area contributed by atoms with Crippen molar-refractivity contribution in [3.05, 3.63) is 108 Å². The SMILES string of the molecule is Cc1ccc(N2C(=O)C3Sc4c(sc(=O)n4CC(=O)Nc4ccc(F)cc4)[C@H](c4cccc(Cl)c4Cl)C3C2=O)cc1. The zero-order valence-corrected chi connectivity index (χ0v) is 24.4. The van der Waals surface area contributed by atoms with Gasteiger partial charge in [0.2, 0.25) is 17.7 Å². The Morgan fingerprint density at radius 3 is 2.39 bits per heavy atom. The Balaban J connectivity index is 1.43. The number of thiazole rings is 1. The van der Waals surface area contributed by atoms with Gasteiger partial charge in [0.05, 0.1) is 26.7 Å². The molecule has 7 nitrogen and oxygen atoms in total. The number of nitrogens with one attached hydrogen (secondary N) is 1. The molecule has 0 spiro atoms. The smallest absolute Gasteiger partial charge is 0.308 e. The first-order valence-corrected chi connectivity index (χ1v) is 14.9. The number of aromatic nitrogens is 1. The summed E-state index contributed by atoms with van der Waals surface area (Å²) in [5, 5.41) is 2.72. The van der Waals surface area contributed by atoms with Crippen molar-refractivity contribution in [2.24, 2.45) is 5.92 Å². The van der Waals surface area contributed by atoms with Crippen molar-refractivity contribution in [2.75, 3.05) is 10.2 Å². The second-order valence-electron chi connectivity index (χ2n) is 9.71. The molecule has 1 aromatic heterocycles. The lowest BCUT2D eigenvalue weighted by molar-refractivity contribution is -0.122. The number of hydrogen-bond acceptors (Lipinski definition) is 6. The second-order valence-corrected chi connectivity index (χ2v) is 12.6. The maximum absolute atomic E-state index is 14.0. The van der Waals surface area contributed by atoms with Crippen LogP contribution in [0.2, 0.25) is 10.0 Å². The number of carbonyl (C=O) groups is 3. The van der Waals surface area contributed by atoms with Crippen LogP contribution in [-0.2, 0) is 20.9 Å². The van der Waals surface area contributed by atoms with E-state index >= 15 is 0 Å². The minimum absolute atomic E-state index is 0.228. The van der Waals surface area contributed by atoms with Gasteiger partial charge in [-0.05, 0) is 55.0 Å². The summed E-state index contributed by atoms with van der Waals surface area (Å²) in [6.07, 6.45) is 0. The molecule has 0 aliphatic carbocycles. The summed E-state index contributed by atoms with van der Waals surface area (Å²) in [4.78, 5) is 55.3. The zero-order chi connectivity index (χ0) is 29.0. The lowest BCUT2D eigenvalue weighted by atomic mass is 9.83. The van der Waals surface area contributed by atoms with E-state index in [1.807, 2.05) is 19.1 Å². The normalized spacial score (nSPS) is 19.7. The molecule has 0 bridgehead atoms. The van der Waals surface area contributed by atoms with Gasteiger partial charge in [-0.15, -0.1) is 0 Å². The van der Waals surface area contributed by atoms with E-state index in [1.54, 1.807) is 30.3 Å². The van der Waals surface area contributed by atoms with Crippen molar-refractivity contribution in [3.63, 3.8) is 0 Å². The second kappa shape index (κ2) is 10.8. The molecule has 1 saturated heterocycles. The number of anilines is 2. The third-order valence-corrected chi connectivity index (χ3v) is 10.5. The Morgan fingerprint density at radius 1 is 0.976 bits per heavy atom. The summed E-state index contributed by atoms with van der Waals surface area (Å²) >= 11 is 15.0. The van der Waals surface area contributed by atoms with E-state index in [9.17, 15) is 23.6 Å². The number of imide groups is 1. The fourth-order valence-electron chi connectivity index (χ4n) is 5.18. The van der Waals surface area contributed by atoms with E-state index in [2.05, 4.69) is 5.32 Å². The number of thioether (sulfide) groups is 1. The summed E-state index contributed by atoms with van der Waals surface area (Å²) in [6, 6.07) is 17.4. The molecule has 41 heavy (non-hydrogen) atoms. The largest absolute Gasteiger partial charge is 0.325 e. The third-order valence-electron chi connectivity index (χ3n) is 7.09. The molecule has 6 rings (SSSR count). The van der Waals surface area contributed by atoms with Gasteiger partial charge in [-0.2, -0.15) is 0 Å². The maximum Gasteiger partial charge on any atom is 0.308 e. The van der Waals surface area contributed by atoms with Gasteiger partial charge in [0.1, 0.15) is 17.6 Å². The Labute approximate surface area is 251 Å². The molecule has 3 aromatic carbocycles. The molecule has 0 radical (unpaired) electrons. The number of rotatable bonds is 5. The standard InChI is InChI=1S/C29H20Cl2FN3O4S2/c1-14-5-11-17(12-6-14)35-26(37)22-21(18-3-2-4-19(30)23(18)31)25-28(40-24(22)27(35)38)34(29(39)41-25)13-20(36)33-16-9-7-15(32)8-10-16/h2-12,21-22,24H,13H2,1H3,(H,33,36)/t21-,22?,24?/m1/s1. The molecule has 3 heterocycles. The molecule has 4 aromatic rings. The monoisotopic (exact) mass is 627 g/mol. The van der Waals surface area contributed by atoms with Gasteiger partial charge in [0, 0.05) is 16.5 Å². The van der Waals surface area contributed by atoms with Gasteiger partial charge < -0.3 is 5.32 Å². The molecule has 1 N–H and O–H groups in total. The van der Waals surface area contributed by atoms with Crippen LogP contribution in [0.3, 0.4) is 0 Å². The molecule has 208 valence electrons. The first-order valence-electron chi connectivity index (χ1n) is 12.5. The number of nitrogens with zero attached hydrogens (tertiary/aromatic N) is 2. The van der Waals surface area contributed by atoms with Crippen molar-refractivity contribution >= 4 is 75.4 Å².